The second-order valence-electron chi connectivity index (χ2n) is 3.78. The number of benzene rings is 1. The third-order valence-electron chi connectivity index (χ3n) is 2.32. The molecule has 1 aromatic carbocycles. The molecule has 0 bridgehead atoms. The Kier molecular flexibility index (Phi) is 3.99. The van der Waals surface area contributed by atoms with Gasteiger partial charge in [-0.25, -0.2) is 4.79 Å². The first-order valence-corrected chi connectivity index (χ1v) is 5.84. The maximum absolute atomic E-state index is 11.1. The molecular weight excluding hydrogens is 286 g/mol. The molecule has 1 N–H and O–H groups in total. The maximum Gasteiger partial charge on any atom is 0.339 e. The second kappa shape index (κ2) is 5.70. The number of ether oxygens (including phenoxy) is 2. The van der Waals surface area contributed by atoms with Crippen LogP contribution in [-0.2, 0) is 0 Å². The summed E-state index contributed by atoms with van der Waals surface area (Å²) in [6, 6.07) is 4.50. The van der Waals surface area contributed by atoms with Gasteiger partial charge in [-0.05, 0) is 36.2 Å². The smallest absolute Gasteiger partial charge is 0.339 e. The average Bonchev–Trinajstić information content (AvgIpc) is 2.37. The van der Waals surface area contributed by atoms with Crippen molar-refractivity contribution in [1.82, 2.24) is 15.0 Å². The van der Waals surface area contributed by atoms with Gasteiger partial charge in [-0.3, -0.25) is 0 Å². The molecular formula is C12H10ClN3O4. The van der Waals surface area contributed by atoms with E-state index in [0.717, 1.165) is 5.56 Å². The van der Waals surface area contributed by atoms with E-state index in [0.29, 0.717) is 0 Å². The van der Waals surface area contributed by atoms with E-state index in [-0.39, 0.29) is 28.6 Å². The predicted octanol–water partition coefficient (Wildman–Crippen LogP) is 2.33. The number of rotatable bonds is 4. The molecule has 0 saturated heterocycles. The van der Waals surface area contributed by atoms with Gasteiger partial charge in [0, 0.05) is 0 Å². The molecule has 0 amide bonds. The fraction of sp³-hybridized carbons (Fsp3) is 0.167. The maximum atomic E-state index is 11.1. The first kappa shape index (κ1) is 14.0. The van der Waals surface area contributed by atoms with Crippen LogP contribution in [0, 0.1) is 6.92 Å². The van der Waals surface area contributed by atoms with E-state index >= 15 is 0 Å². The number of carboxylic acid groups (broad SMARTS) is 1. The number of aromatic nitrogens is 3. The standard InChI is InChI=1S/C12H10ClN3O4/c1-6-3-4-7(9(17)18)8(5-6)20-12-15-10(13)14-11(16-12)19-2/h3-5H,1-2H3,(H,17,18). The molecule has 20 heavy (non-hydrogen) atoms. The van der Waals surface area contributed by atoms with Crippen LogP contribution < -0.4 is 9.47 Å². The Bertz CT molecular complexity index is 663. The Hall–Kier alpha value is -2.41. The minimum Gasteiger partial charge on any atom is -0.478 e. The van der Waals surface area contributed by atoms with Crippen LogP contribution in [0.2, 0.25) is 5.28 Å². The molecule has 0 saturated carbocycles. The van der Waals surface area contributed by atoms with Crippen molar-refractivity contribution in [3.63, 3.8) is 0 Å². The highest BCUT2D eigenvalue weighted by Crippen LogP contribution is 2.25. The van der Waals surface area contributed by atoms with Crippen LogP contribution in [0.25, 0.3) is 0 Å². The van der Waals surface area contributed by atoms with Gasteiger partial charge < -0.3 is 14.6 Å². The van der Waals surface area contributed by atoms with E-state index < -0.39 is 5.97 Å². The van der Waals surface area contributed by atoms with E-state index in [9.17, 15) is 4.79 Å². The normalized spacial score (nSPS) is 10.2. The van der Waals surface area contributed by atoms with Crippen LogP contribution >= 0.6 is 11.6 Å². The third kappa shape index (κ3) is 3.12. The fourth-order valence-corrected chi connectivity index (χ4v) is 1.59. The Morgan fingerprint density at radius 3 is 2.60 bits per heavy atom. The van der Waals surface area contributed by atoms with Crippen molar-refractivity contribution in [1.29, 1.82) is 0 Å². The monoisotopic (exact) mass is 295 g/mol. The van der Waals surface area contributed by atoms with Crippen molar-refractivity contribution < 1.29 is 19.4 Å². The summed E-state index contributed by atoms with van der Waals surface area (Å²) >= 11 is 5.69. The van der Waals surface area contributed by atoms with E-state index in [1.54, 1.807) is 19.1 Å². The van der Waals surface area contributed by atoms with E-state index in [1.807, 2.05) is 0 Å². The van der Waals surface area contributed by atoms with E-state index in [2.05, 4.69) is 15.0 Å². The molecule has 0 aliphatic rings. The molecule has 8 heteroatoms. The molecule has 0 fully saturated rings. The van der Waals surface area contributed by atoms with Crippen LogP contribution in [0.3, 0.4) is 0 Å². The lowest BCUT2D eigenvalue weighted by molar-refractivity contribution is 0.0694. The molecule has 7 nitrogen and oxygen atoms in total. The lowest BCUT2D eigenvalue weighted by atomic mass is 10.1. The Labute approximate surface area is 119 Å². The quantitative estimate of drug-likeness (QED) is 0.925. The number of halogens is 1. The molecule has 0 aliphatic heterocycles. The summed E-state index contributed by atoms with van der Waals surface area (Å²) in [6.07, 6.45) is 0. The molecule has 1 aromatic heterocycles. The van der Waals surface area contributed by atoms with Gasteiger partial charge in [0.05, 0.1) is 7.11 Å². The predicted molar refractivity (Wildman–Crippen MR) is 69.6 cm³/mol. The van der Waals surface area contributed by atoms with Gasteiger partial charge in [0.2, 0.25) is 5.28 Å². The Morgan fingerprint density at radius 1 is 1.25 bits per heavy atom. The van der Waals surface area contributed by atoms with Crippen LogP contribution in [0.1, 0.15) is 15.9 Å². The molecule has 104 valence electrons. The van der Waals surface area contributed by atoms with E-state index in [4.69, 9.17) is 26.2 Å². The van der Waals surface area contributed by atoms with Crippen molar-refractivity contribution in [2.75, 3.05) is 7.11 Å². The topological polar surface area (TPSA) is 94.4 Å². The van der Waals surface area contributed by atoms with Crippen molar-refractivity contribution in [3.05, 3.63) is 34.6 Å². The average molecular weight is 296 g/mol. The molecule has 0 atom stereocenters. The van der Waals surface area contributed by atoms with Gasteiger partial charge in [0.15, 0.2) is 0 Å². The van der Waals surface area contributed by atoms with Crippen molar-refractivity contribution in [3.8, 4) is 17.8 Å². The molecule has 2 rings (SSSR count). The number of carboxylic acids is 1. The first-order chi connectivity index (χ1) is 9.49. The number of hydrogen-bond donors (Lipinski definition) is 1. The fourth-order valence-electron chi connectivity index (χ4n) is 1.44. The largest absolute Gasteiger partial charge is 0.478 e. The van der Waals surface area contributed by atoms with Crippen LogP contribution in [-0.4, -0.2) is 33.1 Å². The Morgan fingerprint density at radius 2 is 1.95 bits per heavy atom. The summed E-state index contributed by atoms with van der Waals surface area (Å²) < 4.78 is 10.2. The molecule has 2 aromatic rings. The molecule has 1 heterocycles. The third-order valence-corrected chi connectivity index (χ3v) is 2.49. The summed E-state index contributed by atoms with van der Waals surface area (Å²) in [4.78, 5) is 22.4. The first-order valence-electron chi connectivity index (χ1n) is 5.47. The minimum absolute atomic E-state index is 0.00824. The summed E-state index contributed by atoms with van der Waals surface area (Å²) in [5, 5.41) is 8.99. The lowest BCUT2D eigenvalue weighted by Gasteiger charge is -2.08. The van der Waals surface area contributed by atoms with Crippen molar-refractivity contribution in [2.24, 2.45) is 0 Å². The SMILES string of the molecule is COc1nc(Cl)nc(Oc2cc(C)ccc2C(=O)O)n1. The highest BCUT2D eigenvalue weighted by atomic mass is 35.5. The lowest BCUT2D eigenvalue weighted by Crippen LogP contribution is -2.03. The number of aromatic carboxylic acids is 1. The van der Waals surface area contributed by atoms with Crippen molar-refractivity contribution in [2.45, 2.75) is 6.92 Å². The summed E-state index contributed by atoms with van der Waals surface area (Å²) in [5.41, 5.74) is 0.822. The van der Waals surface area contributed by atoms with Gasteiger partial charge >= 0.3 is 18.0 Å². The van der Waals surface area contributed by atoms with Gasteiger partial charge in [-0.1, -0.05) is 6.07 Å². The summed E-state index contributed by atoms with van der Waals surface area (Å²) in [6.45, 7) is 1.81. The minimum atomic E-state index is -1.12. The zero-order valence-corrected chi connectivity index (χ0v) is 11.4. The van der Waals surface area contributed by atoms with Gasteiger partial charge in [0.1, 0.15) is 11.3 Å². The zero-order valence-electron chi connectivity index (χ0n) is 10.6. The van der Waals surface area contributed by atoms with Gasteiger partial charge in [-0.15, -0.1) is 4.98 Å². The number of aryl methyl sites for hydroxylation is 1. The Balaban J connectivity index is 2.41. The molecule has 0 radical (unpaired) electrons. The number of hydrogen-bond acceptors (Lipinski definition) is 6. The zero-order chi connectivity index (χ0) is 14.7. The van der Waals surface area contributed by atoms with Gasteiger partial charge in [0.25, 0.3) is 0 Å². The summed E-state index contributed by atoms with van der Waals surface area (Å²) in [5.74, 6) is -1.01. The van der Waals surface area contributed by atoms with E-state index in [1.165, 1.54) is 13.2 Å². The highest BCUT2D eigenvalue weighted by molar-refractivity contribution is 6.28. The van der Waals surface area contributed by atoms with Gasteiger partial charge in [-0.2, -0.15) is 9.97 Å². The van der Waals surface area contributed by atoms with Crippen molar-refractivity contribution >= 4 is 17.6 Å². The van der Waals surface area contributed by atoms with Crippen LogP contribution in [0.5, 0.6) is 17.8 Å². The molecule has 0 aliphatic carbocycles. The molecule has 0 unspecified atom stereocenters. The second-order valence-corrected chi connectivity index (χ2v) is 4.12. The van der Waals surface area contributed by atoms with Crippen LogP contribution in [0.4, 0.5) is 0 Å². The van der Waals surface area contributed by atoms with Crippen LogP contribution in [0.15, 0.2) is 18.2 Å². The number of methoxy groups -OCH3 is 1. The number of carbonyl (C=O) groups is 1. The summed E-state index contributed by atoms with van der Waals surface area (Å²) in [7, 11) is 1.37. The highest BCUT2D eigenvalue weighted by Gasteiger charge is 2.15. The number of nitrogens with zero attached hydrogens (tertiary/aromatic N) is 3. The molecule has 0 spiro atoms.